The van der Waals surface area contributed by atoms with Crippen molar-refractivity contribution >= 4 is 19.8 Å². The Kier molecular flexibility index (Phi) is 33.0. The molecule has 0 aliphatic carbocycles. The zero-order chi connectivity index (χ0) is 41.0. The molecule has 322 valence electrons. The first-order valence-electron chi connectivity index (χ1n) is 21.4. The summed E-state index contributed by atoms with van der Waals surface area (Å²) in [5.41, 5.74) is 0. The fraction of sp³-hybridized carbons (Fsp3) is 0.727. The average Bonchev–Trinajstić information content (AvgIpc) is 3.94. The Balaban J connectivity index is 2.31. The summed E-state index contributed by atoms with van der Waals surface area (Å²) in [5.74, 6) is -1.02. The number of carbonyl (C=O) groups is 2. The van der Waals surface area contributed by atoms with E-state index in [1.54, 1.807) is 0 Å². The molecule has 1 fully saturated rings. The van der Waals surface area contributed by atoms with Crippen molar-refractivity contribution in [2.24, 2.45) is 0 Å². The number of hydrogen-bond acceptors (Lipinski definition) is 10. The minimum atomic E-state index is -4.64. The quantitative estimate of drug-likeness (QED) is 0.0179. The maximum absolute atomic E-state index is 12.6. The number of aliphatic hydroxyl groups excluding tert-OH is 2. The lowest BCUT2D eigenvalue weighted by atomic mass is 10.1. The lowest BCUT2D eigenvalue weighted by Crippen LogP contribution is -2.29. The minimum Gasteiger partial charge on any atom is -0.462 e. The predicted octanol–water partition coefficient (Wildman–Crippen LogP) is 10.1. The van der Waals surface area contributed by atoms with E-state index < -0.39 is 51.8 Å². The van der Waals surface area contributed by atoms with Gasteiger partial charge >= 0.3 is 19.8 Å². The van der Waals surface area contributed by atoms with Gasteiger partial charge in [0, 0.05) is 12.8 Å². The number of esters is 2. The predicted molar refractivity (Wildman–Crippen MR) is 223 cm³/mol. The summed E-state index contributed by atoms with van der Waals surface area (Å²) in [7, 11) is -4.64. The van der Waals surface area contributed by atoms with Gasteiger partial charge in [0.1, 0.15) is 12.7 Å². The van der Waals surface area contributed by atoms with Gasteiger partial charge in [-0.15, -0.1) is 0 Å². The molecule has 0 saturated carbocycles. The number of allylic oxidation sites excluding steroid dienone is 8. The van der Waals surface area contributed by atoms with Gasteiger partial charge in [-0.25, -0.2) is 4.57 Å². The molecule has 3 unspecified atom stereocenters. The van der Waals surface area contributed by atoms with Crippen molar-refractivity contribution in [2.45, 2.75) is 180 Å². The van der Waals surface area contributed by atoms with Crippen LogP contribution in [0, 0.1) is 0 Å². The molecule has 5 atom stereocenters. The van der Waals surface area contributed by atoms with Crippen LogP contribution < -0.4 is 0 Å². The first-order valence-corrected chi connectivity index (χ1v) is 22.9. The molecule has 0 aromatic rings. The van der Waals surface area contributed by atoms with Gasteiger partial charge in [0.2, 0.25) is 0 Å². The normalized spacial score (nSPS) is 18.1. The fourth-order valence-corrected chi connectivity index (χ4v) is 6.37. The van der Waals surface area contributed by atoms with Crippen molar-refractivity contribution in [2.75, 3.05) is 26.4 Å². The van der Waals surface area contributed by atoms with E-state index in [2.05, 4.69) is 73.1 Å². The summed E-state index contributed by atoms with van der Waals surface area (Å²) in [5, 5.41) is 18.3. The maximum Gasteiger partial charge on any atom is 0.472 e. The van der Waals surface area contributed by atoms with Crippen molar-refractivity contribution in [1.82, 2.24) is 0 Å². The Morgan fingerprint density at radius 1 is 0.625 bits per heavy atom. The van der Waals surface area contributed by atoms with Crippen LogP contribution in [0.15, 0.2) is 60.8 Å². The molecule has 1 aliphatic heterocycles. The highest BCUT2D eigenvalue weighted by molar-refractivity contribution is 7.47. The van der Waals surface area contributed by atoms with Crippen molar-refractivity contribution in [3.63, 3.8) is 0 Å². The van der Waals surface area contributed by atoms with Crippen molar-refractivity contribution in [3.8, 4) is 0 Å². The molecule has 0 amide bonds. The van der Waals surface area contributed by atoms with Crippen LogP contribution in [0.5, 0.6) is 0 Å². The highest BCUT2D eigenvalue weighted by Crippen LogP contribution is 2.43. The highest BCUT2D eigenvalue weighted by atomic mass is 31.2. The summed E-state index contributed by atoms with van der Waals surface area (Å²) in [6.45, 7) is 2.22. The molecule has 0 aromatic carbocycles. The lowest BCUT2D eigenvalue weighted by molar-refractivity contribution is -0.161. The Bertz CT molecular complexity index is 1180. The number of unbranched alkanes of at least 4 members (excludes halogenated alkanes) is 12. The van der Waals surface area contributed by atoms with E-state index in [0.29, 0.717) is 31.5 Å². The number of phosphoric ester groups is 1. The second-order valence-electron chi connectivity index (χ2n) is 14.4. The number of ether oxygens (including phenoxy) is 3. The Morgan fingerprint density at radius 2 is 1.11 bits per heavy atom. The molecule has 0 aromatic heterocycles. The molecule has 1 heterocycles. The molecule has 0 spiro atoms. The molecule has 1 aliphatic rings. The zero-order valence-electron chi connectivity index (χ0n) is 34.5. The fourth-order valence-electron chi connectivity index (χ4n) is 5.59. The topological polar surface area (TPSA) is 161 Å². The van der Waals surface area contributed by atoms with Crippen LogP contribution in [0.1, 0.15) is 155 Å². The van der Waals surface area contributed by atoms with E-state index in [-0.39, 0.29) is 19.4 Å². The van der Waals surface area contributed by atoms with E-state index in [0.717, 1.165) is 70.6 Å². The number of hydrogen-bond donors (Lipinski definition) is 3. The molecule has 0 bridgehead atoms. The van der Waals surface area contributed by atoms with E-state index in [1.807, 2.05) is 6.08 Å². The summed E-state index contributed by atoms with van der Waals surface area (Å²) in [6.07, 6.45) is 40.8. The number of rotatable bonds is 38. The first-order chi connectivity index (χ1) is 27.2. The van der Waals surface area contributed by atoms with E-state index in [9.17, 15) is 24.2 Å². The number of carbonyl (C=O) groups excluding carboxylic acids is 2. The lowest BCUT2D eigenvalue weighted by Gasteiger charge is -2.20. The second-order valence-corrected chi connectivity index (χ2v) is 15.8. The third-order valence-corrected chi connectivity index (χ3v) is 10.00. The van der Waals surface area contributed by atoms with Gasteiger partial charge in [0.05, 0.1) is 32.0 Å². The molecular weight excluding hydrogens is 735 g/mol. The molecule has 11 nitrogen and oxygen atoms in total. The molecule has 0 radical (unpaired) electrons. The van der Waals surface area contributed by atoms with Crippen LogP contribution in [0.3, 0.4) is 0 Å². The molecule has 12 heteroatoms. The zero-order valence-corrected chi connectivity index (χ0v) is 35.4. The van der Waals surface area contributed by atoms with Crippen molar-refractivity contribution < 1.29 is 52.5 Å². The summed E-state index contributed by atoms with van der Waals surface area (Å²) >= 11 is 0. The standard InChI is InChI=1S/C44H75O11P/c1-3-5-7-9-11-12-13-14-15-16-17-18-21-26-30-34-44(48)54-40(38-53-56(49,50)52-36-39(46)35-45)37-51-43(47)33-29-25-22-19-20-24-28-32-42-41(55-42)31-27-23-10-8-6-4-2/h11-12,14-15,19,22-24,27-28,39-42,45-46H,3-10,13,16-18,20-21,25-26,29-38H2,1-2H3,(H,49,50)/b12-11-,15-14-,22-19-,27-23-,28-24-/t39-,40+,41?,42?/m0/s1. The minimum absolute atomic E-state index is 0.151. The van der Waals surface area contributed by atoms with Crippen LogP contribution >= 0.6 is 7.82 Å². The molecule has 1 saturated heterocycles. The van der Waals surface area contributed by atoms with Crippen LogP contribution in [0.2, 0.25) is 0 Å². The van der Waals surface area contributed by atoms with Gasteiger partial charge in [-0.2, -0.15) is 0 Å². The smallest absolute Gasteiger partial charge is 0.462 e. The molecule has 3 N–H and O–H groups in total. The second kappa shape index (κ2) is 35.8. The van der Waals surface area contributed by atoms with Gasteiger partial charge in [0.25, 0.3) is 0 Å². The van der Waals surface area contributed by atoms with Crippen LogP contribution in [-0.2, 0) is 37.4 Å². The third-order valence-electron chi connectivity index (χ3n) is 9.05. The third kappa shape index (κ3) is 32.7. The van der Waals surface area contributed by atoms with Gasteiger partial charge in [0.15, 0.2) is 6.10 Å². The SMILES string of the molecule is CCCCC/C=C\C/C=C\CCCCCCCC(=O)O[C@H](COC(=O)CCC/C=C\C/C=C\CC1OC1C/C=C\CCCCC)COP(=O)(O)OC[C@@H](O)CO. The molecule has 56 heavy (non-hydrogen) atoms. The summed E-state index contributed by atoms with van der Waals surface area (Å²) in [4.78, 5) is 35.0. The number of aliphatic hydroxyl groups is 2. The van der Waals surface area contributed by atoms with Gasteiger partial charge in [-0.3, -0.25) is 18.6 Å². The van der Waals surface area contributed by atoms with Crippen molar-refractivity contribution in [1.29, 1.82) is 0 Å². The first kappa shape index (κ1) is 51.6. The average molecular weight is 811 g/mol. The van der Waals surface area contributed by atoms with E-state index in [1.165, 1.54) is 38.5 Å². The number of phosphoric acid groups is 1. The van der Waals surface area contributed by atoms with Gasteiger partial charge in [-0.1, -0.05) is 120 Å². The number of epoxide rings is 1. The van der Waals surface area contributed by atoms with Crippen LogP contribution in [0.25, 0.3) is 0 Å². The Hall–Kier alpha value is -2.37. The van der Waals surface area contributed by atoms with Crippen molar-refractivity contribution in [3.05, 3.63) is 60.8 Å². The maximum atomic E-state index is 12.6. The van der Waals surface area contributed by atoms with Crippen LogP contribution in [-0.4, -0.2) is 77.9 Å². The summed E-state index contributed by atoms with van der Waals surface area (Å²) < 4.78 is 38.4. The Morgan fingerprint density at radius 3 is 1.71 bits per heavy atom. The van der Waals surface area contributed by atoms with Gasteiger partial charge < -0.3 is 29.3 Å². The highest BCUT2D eigenvalue weighted by Gasteiger charge is 2.36. The van der Waals surface area contributed by atoms with E-state index >= 15 is 0 Å². The van der Waals surface area contributed by atoms with E-state index in [4.69, 9.17) is 23.8 Å². The van der Waals surface area contributed by atoms with Gasteiger partial charge in [-0.05, 0) is 83.5 Å². The molecule has 1 rings (SSSR count). The molecular formula is C44H75O11P. The largest absolute Gasteiger partial charge is 0.472 e. The Labute approximate surface area is 338 Å². The summed E-state index contributed by atoms with van der Waals surface area (Å²) in [6, 6.07) is 0. The monoisotopic (exact) mass is 811 g/mol. The van der Waals surface area contributed by atoms with Crippen LogP contribution in [0.4, 0.5) is 0 Å².